The summed E-state index contributed by atoms with van der Waals surface area (Å²) >= 11 is 1.55. The summed E-state index contributed by atoms with van der Waals surface area (Å²) < 4.78 is -0.172. The van der Waals surface area contributed by atoms with Crippen LogP contribution in [0.3, 0.4) is 0 Å². The first kappa shape index (κ1) is 25.0. The van der Waals surface area contributed by atoms with Gasteiger partial charge in [-0.3, -0.25) is 9.59 Å². The monoisotopic (exact) mass is 452 g/mol. The van der Waals surface area contributed by atoms with Gasteiger partial charge in [-0.15, -0.1) is 0 Å². The maximum Gasteiger partial charge on any atom is 0.327 e. The maximum absolute atomic E-state index is 11.4. The van der Waals surface area contributed by atoms with Gasteiger partial charge in [0.15, 0.2) is 0 Å². The zero-order valence-electron chi connectivity index (χ0n) is 16.2. The van der Waals surface area contributed by atoms with Crippen LogP contribution in [0.15, 0.2) is 0 Å². The van der Waals surface area contributed by atoms with E-state index in [1.807, 2.05) is 0 Å². The highest BCUT2D eigenvalue weighted by Gasteiger charge is 2.39. The van der Waals surface area contributed by atoms with Crippen LogP contribution in [0.4, 0.5) is 0 Å². The Balaban J connectivity index is 2.59. The average molecular weight is 453 g/mol. The molecule has 1 saturated carbocycles. The van der Waals surface area contributed by atoms with E-state index < -0.39 is 24.0 Å². The minimum atomic E-state index is -1.07. The molecule has 8 nitrogen and oxygen atoms in total. The maximum atomic E-state index is 11.4. The topological polar surface area (TPSA) is 133 Å². The fourth-order valence-electron chi connectivity index (χ4n) is 2.68. The van der Waals surface area contributed by atoms with Crippen molar-refractivity contribution in [3.05, 3.63) is 0 Å². The molecule has 0 aromatic rings. The number of carboxylic acid groups (broad SMARTS) is 2. The molecule has 0 radical (unpaired) electrons. The van der Waals surface area contributed by atoms with Gasteiger partial charge in [0.05, 0.1) is 0 Å². The molecule has 1 fully saturated rings. The van der Waals surface area contributed by atoms with Crippen molar-refractivity contribution in [2.24, 2.45) is 5.92 Å². The number of hydrogen-bond donors (Lipinski definition) is 4. The van der Waals surface area contributed by atoms with Crippen molar-refractivity contribution in [3.8, 4) is 0 Å². The van der Waals surface area contributed by atoms with E-state index in [9.17, 15) is 24.3 Å². The molecule has 0 spiro atoms. The molecule has 0 aromatic heterocycles. The first-order chi connectivity index (χ1) is 13.0. The molecule has 3 unspecified atom stereocenters. The molecule has 28 heavy (non-hydrogen) atoms. The lowest BCUT2D eigenvalue weighted by atomic mass is 9.77. The van der Waals surface area contributed by atoms with Gasteiger partial charge in [0.1, 0.15) is 12.1 Å². The largest absolute Gasteiger partial charge is 0.480 e. The summed E-state index contributed by atoms with van der Waals surface area (Å²) in [4.78, 5) is 44.9. The standard InChI is InChI=1S/C17H28N2O6S3/c1-10(20)18-13(15(22)23)7-26-17(3,12-5-4-6-12)9-28-27-8-14(16(24)25)19-11(2)21/h12-14H,4-9H2,1-3H3,(H,18,20)(H,19,21)(H,22,23)(H,24,25). The number of hydrogen-bond acceptors (Lipinski definition) is 7. The number of rotatable bonds is 13. The molecule has 0 saturated heterocycles. The molecule has 3 atom stereocenters. The lowest BCUT2D eigenvalue weighted by Gasteiger charge is -2.42. The van der Waals surface area contributed by atoms with Crippen LogP contribution in [0.1, 0.15) is 40.0 Å². The van der Waals surface area contributed by atoms with E-state index in [0.717, 1.165) is 19.3 Å². The minimum absolute atomic E-state index is 0.172. The quantitative estimate of drug-likeness (QED) is 0.244. The van der Waals surface area contributed by atoms with Crippen LogP contribution in [-0.2, 0) is 19.2 Å². The van der Waals surface area contributed by atoms with Gasteiger partial charge in [-0.25, -0.2) is 9.59 Å². The Morgan fingerprint density at radius 2 is 1.46 bits per heavy atom. The van der Waals surface area contributed by atoms with Gasteiger partial charge in [0, 0.05) is 35.9 Å². The molecule has 1 aliphatic rings. The molecule has 1 aliphatic carbocycles. The van der Waals surface area contributed by atoms with Gasteiger partial charge in [-0.05, 0) is 25.7 Å². The summed E-state index contributed by atoms with van der Waals surface area (Å²) in [6, 6.07) is -1.87. The van der Waals surface area contributed by atoms with Crippen molar-refractivity contribution in [1.82, 2.24) is 10.6 Å². The second-order valence-corrected chi connectivity index (χ2v) is 11.0. The number of carbonyl (C=O) groups is 4. The number of nitrogens with one attached hydrogen (secondary N) is 2. The molecule has 11 heteroatoms. The Labute approximate surface area is 177 Å². The summed E-state index contributed by atoms with van der Waals surface area (Å²) in [5.74, 6) is -1.19. The van der Waals surface area contributed by atoms with Crippen molar-refractivity contribution in [2.75, 3.05) is 17.3 Å². The van der Waals surface area contributed by atoms with Crippen molar-refractivity contribution < 1.29 is 29.4 Å². The van der Waals surface area contributed by atoms with Crippen LogP contribution in [0.2, 0.25) is 0 Å². The van der Waals surface area contributed by atoms with E-state index in [2.05, 4.69) is 17.6 Å². The third-order valence-electron chi connectivity index (χ3n) is 4.56. The third-order valence-corrected chi connectivity index (χ3v) is 9.00. The fraction of sp³-hybridized carbons (Fsp3) is 0.765. The highest BCUT2D eigenvalue weighted by molar-refractivity contribution is 8.76. The summed E-state index contributed by atoms with van der Waals surface area (Å²) in [5, 5.41) is 23.3. The second kappa shape index (κ2) is 11.8. The smallest absolute Gasteiger partial charge is 0.327 e. The van der Waals surface area contributed by atoms with Crippen LogP contribution in [0.5, 0.6) is 0 Å². The Bertz CT molecular complexity index is 587. The van der Waals surface area contributed by atoms with E-state index in [1.165, 1.54) is 35.4 Å². The molecule has 0 aliphatic heterocycles. The summed E-state index contributed by atoms with van der Waals surface area (Å²) in [5.41, 5.74) is 0. The zero-order valence-corrected chi connectivity index (χ0v) is 18.7. The van der Waals surface area contributed by atoms with Crippen LogP contribution < -0.4 is 10.6 Å². The zero-order chi connectivity index (χ0) is 21.3. The van der Waals surface area contributed by atoms with E-state index in [0.29, 0.717) is 11.7 Å². The lowest BCUT2D eigenvalue weighted by Crippen LogP contribution is -2.45. The van der Waals surface area contributed by atoms with Gasteiger partial charge in [0.2, 0.25) is 11.8 Å². The number of carboxylic acids is 2. The van der Waals surface area contributed by atoms with Gasteiger partial charge in [-0.1, -0.05) is 28.0 Å². The highest BCUT2D eigenvalue weighted by atomic mass is 33.1. The number of aliphatic carboxylic acids is 2. The summed E-state index contributed by atoms with van der Waals surface area (Å²) in [6.07, 6.45) is 3.31. The molecule has 0 heterocycles. The van der Waals surface area contributed by atoms with Crippen molar-refractivity contribution >= 4 is 57.1 Å². The number of carbonyl (C=O) groups excluding carboxylic acids is 2. The molecule has 160 valence electrons. The predicted octanol–water partition coefficient (Wildman–Crippen LogP) is 1.84. The van der Waals surface area contributed by atoms with Crippen LogP contribution >= 0.6 is 33.3 Å². The minimum Gasteiger partial charge on any atom is -0.480 e. The van der Waals surface area contributed by atoms with Gasteiger partial charge >= 0.3 is 11.9 Å². The van der Waals surface area contributed by atoms with E-state index >= 15 is 0 Å². The molecule has 0 aromatic carbocycles. The van der Waals surface area contributed by atoms with Gasteiger partial charge in [0.25, 0.3) is 0 Å². The predicted molar refractivity (Wildman–Crippen MR) is 114 cm³/mol. The Morgan fingerprint density at radius 1 is 0.964 bits per heavy atom. The Kier molecular flexibility index (Phi) is 10.5. The lowest BCUT2D eigenvalue weighted by molar-refractivity contribution is -0.141. The highest BCUT2D eigenvalue weighted by Crippen LogP contribution is 2.47. The van der Waals surface area contributed by atoms with E-state index in [1.54, 1.807) is 11.8 Å². The molecular weight excluding hydrogens is 424 g/mol. The van der Waals surface area contributed by atoms with Gasteiger partial charge in [-0.2, -0.15) is 11.8 Å². The van der Waals surface area contributed by atoms with Crippen LogP contribution in [0.25, 0.3) is 0 Å². The van der Waals surface area contributed by atoms with Gasteiger partial charge < -0.3 is 20.8 Å². The SMILES string of the molecule is CC(=O)NC(CSSCC(C)(SCC(NC(C)=O)C(=O)O)C1CCC1)C(=O)O. The number of amides is 2. The van der Waals surface area contributed by atoms with Crippen LogP contribution in [0, 0.1) is 5.92 Å². The van der Waals surface area contributed by atoms with Crippen molar-refractivity contribution in [1.29, 1.82) is 0 Å². The summed E-state index contributed by atoms with van der Waals surface area (Å²) in [6.45, 7) is 4.68. The van der Waals surface area contributed by atoms with E-state index in [4.69, 9.17) is 5.11 Å². The van der Waals surface area contributed by atoms with Crippen LogP contribution in [-0.4, -0.2) is 68.1 Å². The fourth-order valence-corrected chi connectivity index (χ4v) is 7.36. The number of thioether (sulfide) groups is 1. The normalized spacial score (nSPS) is 18.2. The average Bonchev–Trinajstić information content (AvgIpc) is 2.51. The molecule has 1 rings (SSSR count). The Morgan fingerprint density at radius 3 is 1.86 bits per heavy atom. The second-order valence-electron chi connectivity index (χ2n) is 6.98. The molecular formula is C17H28N2O6S3. The Hall–Kier alpha value is -1.07. The third kappa shape index (κ3) is 8.52. The first-order valence-electron chi connectivity index (χ1n) is 8.93. The first-order valence-corrected chi connectivity index (χ1v) is 12.4. The summed E-state index contributed by atoms with van der Waals surface area (Å²) in [7, 11) is 2.91. The van der Waals surface area contributed by atoms with E-state index in [-0.39, 0.29) is 28.1 Å². The molecule has 0 bridgehead atoms. The molecule has 4 N–H and O–H groups in total. The van der Waals surface area contributed by atoms with Crippen molar-refractivity contribution in [2.45, 2.75) is 56.9 Å². The van der Waals surface area contributed by atoms with Crippen molar-refractivity contribution in [3.63, 3.8) is 0 Å². The molecule has 2 amide bonds.